The van der Waals surface area contributed by atoms with Crippen molar-refractivity contribution < 1.29 is 17.9 Å². The van der Waals surface area contributed by atoms with Crippen LogP contribution >= 0.6 is 0 Å². The van der Waals surface area contributed by atoms with Crippen LogP contribution < -0.4 is 15.0 Å². The number of ether oxygens (including phenoxy) is 2. The summed E-state index contributed by atoms with van der Waals surface area (Å²) in [4.78, 5) is 22.3. The first kappa shape index (κ1) is 18.9. The number of sulfonamides is 1. The van der Waals surface area contributed by atoms with Crippen LogP contribution in [0.5, 0.6) is 11.5 Å². The molecule has 0 saturated carbocycles. The molecule has 3 rings (SSSR count). The number of methoxy groups -OCH3 is 1. The highest BCUT2D eigenvalue weighted by Gasteiger charge is 2.23. The molecule has 0 atom stereocenters. The Bertz CT molecular complexity index is 1120. The van der Waals surface area contributed by atoms with E-state index in [1.54, 1.807) is 17.7 Å². The fraction of sp³-hybridized carbons (Fsp3) is 0.312. The zero-order valence-corrected chi connectivity index (χ0v) is 15.9. The van der Waals surface area contributed by atoms with Gasteiger partial charge in [0.1, 0.15) is 6.61 Å². The second kappa shape index (κ2) is 7.37. The Morgan fingerprint density at radius 1 is 1.26 bits per heavy atom. The van der Waals surface area contributed by atoms with Crippen molar-refractivity contribution in [2.45, 2.75) is 5.03 Å². The highest BCUT2D eigenvalue weighted by Crippen LogP contribution is 2.30. The molecular formula is C16H19N5O5S. The molecular weight excluding hydrogens is 374 g/mol. The number of benzene rings is 1. The highest BCUT2D eigenvalue weighted by atomic mass is 32.2. The van der Waals surface area contributed by atoms with Gasteiger partial charge in [0.15, 0.2) is 16.5 Å². The van der Waals surface area contributed by atoms with Crippen LogP contribution in [-0.4, -0.2) is 59.6 Å². The van der Waals surface area contributed by atoms with E-state index in [9.17, 15) is 13.2 Å². The van der Waals surface area contributed by atoms with Gasteiger partial charge in [-0.1, -0.05) is 0 Å². The second-order valence-electron chi connectivity index (χ2n) is 5.80. The topological polar surface area (TPSA) is 119 Å². The number of nitrogens with one attached hydrogen (secondary N) is 1. The summed E-state index contributed by atoms with van der Waals surface area (Å²) in [6, 6.07) is 3.11. The summed E-state index contributed by atoms with van der Waals surface area (Å²) < 4.78 is 38.5. The standard InChI is InChI=1S/C16H19N5O5S/c1-20-8-15(19-10-20)27(23,24)21(2)4-5-26-14-7-12-11(6-13(14)25-3)16(22)18-9-17-12/h6-10H,4-5H2,1-3H3,(H,17,18,22). The lowest BCUT2D eigenvalue weighted by Crippen LogP contribution is -2.31. The number of hydrogen-bond acceptors (Lipinski definition) is 7. The van der Waals surface area contributed by atoms with Crippen LogP contribution in [0.2, 0.25) is 0 Å². The molecule has 10 nitrogen and oxygen atoms in total. The van der Waals surface area contributed by atoms with Gasteiger partial charge in [-0.15, -0.1) is 0 Å². The van der Waals surface area contributed by atoms with Crippen LogP contribution in [0.3, 0.4) is 0 Å². The van der Waals surface area contributed by atoms with Crippen molar-refractivity contribution in [2.75, 3.05) is 27.3 Å². The van der Waals surface area contributed by atoms with E-state index in [0.717, 1.165) is 4.31 Å². The molecule has 0 spiro atoms. The van der Waals surface area contributed by atoms with E-state index in [0.29, 0.717) is 22.4 Å². The number of aromatic amines is 1. The number of nitrogens with zero attached hydrogens (tertiary/aromatic N) is 4. The van der Waals surface area contributed by atoms with E-state index in [4.69, 9.17) is 9.47 Å². The van der Waals surface area contributed by atoms with Crippen molar-refractivity contribution >= 4 is 20.9 Å². The molecule has 2 heterocycles. The fourth-order valence-corrected chi connectivity index (χ4v) is 3.55. The summed E-state index contributed by atoms with van der Waals surface area (Å²) >= 11 is 0. The Kier molecular flexibility index (Phi) is 5.15. The van der Waals surface area contributed by atoms with Crippen LogP contribution in [0.15, 0.2) is 40.8 Å². The van der Waals surface area contributed by atoms with Gasteiger partial charge in [0.2, 0.25) is 0 Å². The molecule has 11 heteroatoms. The van der Waals surface area contributed by atoms with E-state index in [1.165, 1.54) is 39.1 Å². The predicted octanol–water partition coefficient (Wildman–Crippen LogP) is 0.365. The molecule has 0 radical (unpaired) electrons. The van der Waals surface area contributed by atoms with Crippen LogP contribution in [0, 0.1) is 0 Å². The van der Waals surface area contributed by atoms with Gasteiger partial charge in [-0.2, -0.15) is 4.31 Å². The van der Waals surface area contributed by atoms with Gasteiger partial charge in [-0.3, -0.25) is 4.79 Å². The van der Waals surface area contributed by atoms with Crippen LogP contribution in [0.4, 0.5) is 0 Å². The number of rotatable bonds is 7. The molecule has 2 aromatic heterocycles. The lowest BCUT2D eigenvalue weighted by molar-refractivity contribution is 0.272. The SMILES string of the molecule is COc1cc2c(=O)[nH]cnc2cc1OCCN(C)S(=O)(=O)c1cn(C)cn1. The van der Waals surface area contributed by atoms with Crippen molar-refractivity contribution in [1.82, 2.24) is 23.8 Å². The van der Waals surface area contributed by atoms with Crippen LogP contribution in [0.1, 0.15) is 0 Å². The smallest absolute Gasteiger partial charge is 0.261 e. The second-order valence-corrected chi connectivity index (χ2v) is 7.80. The number of likely N-dealkylation sites (N-methyl/N-ethyl adjacent to an activating group) is 1. The normalized spacial score (nSPS) is 11.9. The maximum absolute atomic E-state index is 12.4. The van der Waals surface area contributed by atoms with Gasteiger partial charge < -0.3 is 19.0 Å². The van der Waals surface area contributed by atoms with Crippen molar-refractivity contribution in [2.24, 2.45) is 7.05 Å². The quantitative estimate of drug-likeness (QED) is 0.616. The lowest BCUT2D eigenvalue weighted by Gasteiger charge is -2.17. The molecule has 0 aliphatic rings. The van der Waals surface area contributed by atoms with Gasteiger partial charge >= 0.3 is 0 Å². The summed E-state index contributed by atoms with van der Waals surface area (Å²) in [5, 5.41) is 0.343. The third-order valence-electron chi connectivity index (χ3n) is 3.95. The maximum atomic E-state index is 12.4. The average molecular weight is 393 g/mol. The zero-order valence-electron chi connectivity index (χ0n) is 15.0. The van der Waals surface area contributed by atoms with Gasteiger partial charge in [-0.25, -0.2) is 18.4 Å². The van der Waals surface area contributed by atoms with E-state index < -0.39 is 10.0 Å². The minimum Gasteiger partial charge on any atom is -0.493 e. The van der Waals surface area contributed by atoms with Gasteiger partial charge in [0.25, 0.3) is 15.6 Å². The van der Waals surface area contributed by atoms with E-state index in [1.807, 2.05) is 0 Å². The van der Waals surface area contributed by atoms with E-state index in [-0.39, 0.29) is 23.7 Å². The zero-order chi connectivity index (χ0) is 19.6. The molecule has 0 unspecified atom stereocenters. The molecule has 27 heavy (non-hydrogen) atoms. The number of H-pyrrole nitrogens is 1. The number of fused-ring (bicyclic) bond motifs is 1. The van der Waals surface area contributed by atoms with Crippen molar-refractivity contribution in [3.05, 3.63) is 41.3 Å². The van der Waals surface area contributed by atoms with Crippen molar-refractivity contribution in [3.8, 4) is 11.5 Å². The highest BCUT2D eigenvalue weighted by molar-refractivity contribution is 7.89. The van der Waals surface area contributed by atoms with Crippen molar-refractivity contribution in [3.63, 3.8) is 0 Å². The van der Waals surface area contributed by atoms with Gasteiger partial charge in [0.05, 0.1) is 30.7 Å². The largest absolute Gasteiger partial charge is 0.493 e. The summed E-state index contributed by atoms with van der Waals surface area (Å²) in [6.45, 7) is 0.177. The Morgan fingerprint density at radius 2 is 2.04 bits per heavy atom. The monoisotopic (exact) mass is 393 g/mol. The minimum absolute atomic E-state index is 0.0285. The van der Waals surface area contributed by atoms with E-state index >= 15 is 0 Å². The molecule has 144 valence electrons. The van der Waals surface area contributed by atoms with E-state index in [2.05, 4.69) is 15.0 Å². The molecule has 0 amide bonds. The van der Waals surface area contributed by atoms with Crippen LogP contribution in [-0.2, 0) is 17.1 Å². The number of hydrogen-bond donors (Lipinski definition) is 1. The molecule has 0 fully saturated rings. The third-order valence-corrected chi connectivity index (χ3v) is 5.69. The molecule has 3 aromatic rings. The van der Waals surface area contributed by atoms with Crippen molar-refractivity contribution in [1.29, 1.82) is 0 Å². The third kappa shape index (κ3) is 3.78. The summed E-state index contributed by atoms with van der Waals surface area (Å²) in [5.74, 6) is 0.725. The first-order chi connectivity index (χ1) is 12.8. The fourth-order valence-electron chi connectivity index (χ4n) is 2.43. The summed E-state index contributed by atoms with van der Waals surface area (Å²) in [6.07, 6.45) is 4.16. The molecule has 0 aliphatic heterocycles. The van der Waals surface area contributed by atoms with Gasteiger partial charge in [0, 0.05) is 32.9 Å². The Morgan fingerprint density at radius 3 is 2.70 bits per heavy atom. The summed E-state index contributed by atoms with van der Waals surface area (Å²) in [7, 11) is 0.904. The van der Waals surface area contributed by atoms with Crippen LogP contribution in [0.25, 0.3) is 10.9 Å². The Hall–Kier alpha value is -2.92. The average Bonchev–Trinajstić information content (AvgIpc) is 3.08. The lowest BCUT2D eigenvalue weighted by atomic mass is 10.2. The molecule has 1 aromatic carbocycles. The molecule has 1 N–H and O–H groups in total. The number of aryl methyl sites for hydroxylation is 1. The number of imidazole rings is 1. The summed E-state index contributed by atoms with van der Waals surface area (Å²) in [5.41, 5.74) is 0.162. The first-order valence-corrected chi connectivity index (χ1v) is 9.39. The number of aromatic nitrogens is 4. The molecule has 0 bridgehead atoms. The minimum atomic E-state index is -3.70. The Labute approximate surface area is 155 Å². The molecule has 0 aliphatic carbocycles. The predicted molar refractivity (Wildman–Crippen MR) is 97.4 cm³/mol. The van der Waals surface area contributed by atoms with Gasteiger partial charge in [-0.05, 0) is 6.07 Å². The molecule has 0 saturated heterocycles. The maximum Gasteiger partial charge on any atom is 0.261 e. The first-order valence-electron chi connectivity index (χ1n) is 7.95. The Balaban J connectivity index is 1.74.